The monoisotopic (exact) mass is 373 g/mol. The van der Waals surface area contributed by atoms with Gasteiger partial charge in [-0.25, -0.2) is 0 Å². The number of carboxylic acids is 1. The van der Waals surface area contributed by atoms with E-state index in [0.29, 0.717) is 11.3 Å². The zero-order chi connectivity index (χ0) is 19.7. The lowest BCUT2D eigenvalue weighted by Gasteiger charge is -2.14. The van der Waals surface area contributed by atoms with E-state index in [2.05, 4.69) is 18.2 Å². The Bertz CT molecular complexity index is 1060. The van der Waals surface area contributed by atoms with Gasteiger partial charge in [-0.05, 0) is 51.9 Å². The number of hydrogen-bond acceptors (Lipinski definition) is 4. The van der Waals surface area contributed by atoms with Crippen LogP contribution in [0.15, 0.2) is 66.7 Å². The Balaban J connectivity index is 1.54. The maximum Gasteiger partial charge on any atom is 0.325 e. The minimum Gasteiger partial charge on any atom is -0.480 e. The quantitative estimate of drug-likeness (QED) is 0.316. The molecule has 0 saturated carbocycles. The van der Waals surface area contributed by atoms with Crippen molar-refractivity contribution in [3.8, 4) is 11.1 Å². The van der Waals surface area contributed by atoms with Crippen molar-refractivity contribution >= 4 is 17.6 Å². The standard InChI is InChI=1S/C23H19NO4/c24-17-10-8-14(9-11-17)21(22(25)26)23(27)28-13-16-5-3-7-19-18-6-2-1-4-15(18)12-20(16)19/h1-11,21H,12-13,24H2,(H,25,26). The van der Waals surface area contributed by atoms with Crippen LogP contribution in [0.3, 0.4) is 0 Å². The summed E-state index contributed by atoms with van der Waals surface area (Å²) >= 11 is 0. The number of rotatable bonds is 5. The number of carbonyl (C=O) groups is 2. The molecular formula is C23H19NO4. The van der Waals surface area contributed by atoms with Gasteiger partial charge in [0.05, 0.1) is 0 Å². The van der Waals surface area contributed by atoms with Gasteiger partial charge in [-0.1, -0.05) is 54.6 Å². The van der Waals surface area contributed by atoms with Gasteiger partial charge in [-0.15, -0.1) is 0 Å². The van der Waals surface area contributed by atoms with E-state index in [9.17, 15) is 14.7 Å². The fraction of sp³-hybridized carbons (Fsp3) is 0.130. The number of nitrogens with two attached hydrogens (primary N) is 1. The zero-order valence-corrected chi connectivity index (χ0v) is 15.1. The molecule has 1 atom stereocenters. The Morgan fingerprint density at radius 2 is 1.68 bits per heavy atom. The molecule has 4 rings (SSSR count). The van der Waals surface area contributed by atoms with Crippen molar-refractivity contribution in [3.63, 3.8) is 0 Å². The van der Waals surface area contributed by atoms with Crippen molar-refractivity contribution in [1.29, 1.82) is 0 Å². The van der Waals surface area contributed by atoms with Crippen LogP contribution in [0.5, 0.6) is 0 Å². The molecule has 5 heteroatoms. The van der Waals surface area contributed by atoms with Crippen molar-refractivity contribution in [2.45, 2.75) is 18.9 Å². The van der Waals surface area contributed by atoms with E-state index in [1.54, 1.807) is 12.1 Å². The predicted molar refractivity (Wildman–Crippen MR) is 106 cm³/mol. The normalized spacial score (nSPS) is 12.7. The first-order valence-corrected chi connectivity index (χ1v) is 8.98. The Morgan fingerprint density at radius 1 is 0.964 bits per heavy atom. The predicted octanol–water partition coefficient (Wildman–Crippen LogP) is 3.75. The molecule has 0 radical (unpaired) electrons. The molecule has 0 spiro atoms. The van der Waals surface area contributed by atoms with Gasteiger partial charge in [0.25, 0.3) is 0 Å². The summed E-state index contributed by atoms with van der Waals surface area (Å²) in [6.07, 6.45) is 0.777. The molecular weight excluding hydrogens is 354 g/mol. The van der Waals surface area contributed by atoms with Crippen molar-refractivity contribution in [2.24, 2.45) is 0 Å². The lowest BCUT2D eigenvalue weighted by atomic mass is 9.99. The SMILES string of the molecule is Nc1ccc(C(C(=O)O)C(=O)OCc2cccc3c2Cc2ccccc2-3)cc1. The summed E-state index contributed by atoms with van der Waals surface area (Å²) in [5, 5.41) is 9.50. The number of hydrogen-bond donors (Lipinski definition) is 2. The number of aliphatic carboxylic acids is 1. The smallest absolute Gasteiger partial charge is 0.325 e. The van der Waals surface area contributed by atoms with E-state index in [1.165, 1.54) is 23.3 Å². The molecule has 0 bridgehead atoms. The molecule has 0 amide bonds. The number of esters is 1. The summed E-state index contributed by atoms with van der Waals surface area (Å²) in [6.45, 7) is 0.0365. The van der Waals surface area contributed by atoms with Crippen molar-refractivity contribution in [3.05, 3.63) is 89.0 Å². The van der Waals surface area contributed by atoms with Crippen LogP contribution < -0.4 is 5.73 Å². The minimum absolute atomic E-state index is 0.0365. The highest BCUT2D eigenvalue weighted by Gasteiger charge is 2.30. The molecule has 5 nitrogen and oxygen atoms in total. The number of nitrogen functional groups attached to an aromatic ring is 1. The molecule has 28 heavy (non-hydrogen) atoms. The average molecular weight is 373 g/mol. The first-order chi connectivity index (χ1) is 13.5. The molecule has 1 aliphatic rings. The molecule has 3 N–H and O–H groups in total. The summed E-state index contributed by atoms with van der Waals surface area (Å²) in [5.74, 6) is -3.42. The summed E-state index contributed by atoms with van der Waals surface area (Å²) in [6, 6.07) is 20.3. The molecule has 0 fully saturated rings. The largest absolute Gasteiger partial charge is 0.480 e. The van der Waals surface area contributed by atoms with Gasteiger partial charge in [0.1, 0.15) is 6.61 Å². The number of fused-ring (bicyclic) bond motifs is 3. The average Bonchev–Trinajstić information content (AvgIpc) is 3.07. The van der Waals surface area contributed by atoms with Crippen LogP contribution in [0.4, 0.5) is 5.69 Å². The van der Waals surface area contributed by atoms with E-state index in [1.807, 2.05) is 24.3 Å². The molecule has 1 unspecified atom stereocenters. The first kappa shape index (κ1) is 17.8. The maximum atomic E-state index is 12.5. The Morgan fingerprint density at radius 3 is 2.43 bits per heavy atom. The second-order valence-electron chi connectivity index (χ2n) is 6.82. The van der Waals surface area contributed by atoms with E-state index in [-0.39, 0.29) is 6.61 Å². The van der Waals surface area contributed by atoms with Crippen LogP contribution in [-0.2, 0) is 27.4 Å². The van der Waals surface area contributed by atoms with E-state index >= 15 is 0 Å². The van der Waals surface area contributed by atoms with Gasteiger partial charge in [0, 0.05) is 5.69 Å². The van der Waals surface area contributed by atoms with Crippen molar-refractivity contribution in [2.75, 3.05) is 5.73 Å². The van der Waals surface area contributed by atoms with Crippen LogP contribution in [0.1, 0.15) is 28.2 Å². The fourth-order valence-electron chi connectivity index (χ4n) is 3.66. The van der Waals surface area contributed by atoms with E-state index in [0.717, 1.165) is 23.1 Å². The molecule has 0 aliphatic heterocycles. The summed E-state index contributed by atoms with van der Waals surface area (Å²) in [4.78, 5) is 24.2. The van der Waals surface area contributed by atoms with Gasteiger partial charge < -0.3 is 15.6 Å². The van der Waals surface area contributed by atoms with E-state index in [4.69, 9.17) is 10.5 Å². The second-order valence-corrected chi connectivity index (χ2v) is 6.82. The molecule has 1 aliphatic carbocycles. The summed E-state index contributed by atoms with van der Waals surface area (Å²) < 4.78 is 5.41. The van der Waals surface area contributed by atoms with Crippen molar-refractivity contribution in [1.82, 2.24) is 0 Å². The van der Waals surface area contributed by atoms with Crippen LogP contribution in [-0.4, -0.2) is 17.0 Å². The number of anilines is 1. The highest BCUT2D eigenvalue weighted by molar-refractivity contribution is 6.00. The third kappa shape index (κ3) is 3.22. The van der Waals surface area contributed by atoms with Gasteiger partial charge in [-0.2, -0.15) is 0 Å². The third-order valence-corrected chi connectivity index (χ3v) is 5.07. The summed E-state index contributed by atoms with van der Waals surface area (Å²) in [7, 11) is 0. The molecule has 0 heterocycles. The number of carboxylic acid groups (broad SMARTS) is 1. The minimum atomic E-state index is -1.38. The number of benzene rings is 3. The number of carbonyl (C=O) groups excluding carboxylic acids is 1. The van der Waals surface area contributed by atoms with Crippen LogP contribution in [0, 0.1) is 0 Å². The van der Waals surface area contributed by atoms with Crippen LogP contribution >= 0.6 is 0 Å². The zero-order valence-electron chi connectivity index (χ0n) is 15.1. The Hall–Kier alpha value is -3.60. The molecule has 140 valence electrons. The topological polar surface area (TPSA) is 89.6 Å². The highest BCUT2D eigenvalue weighted by Crippen LogP contribution is 2.38. The van der Waals surface area contributed by atoms with Crippen LogP contribution in [0.25, 0.3) is 11.1 Å². The van der Waals surface area contributed by atoms with Crippen LogP contribution in [0.2, 0.25) is 0 Å². The third-order valence-electron chi connectivity index (χ3n) is 5.07. The fourth-order valence-corrected chi connectivity index (χ4v) is 3.66. The van der Waals surface area contributed by atoms with E-state index < -0.39 is 17.9 Å². The van der Waals surface area contributed by atoms with Crippen molar-refractivity contribution < 1.29 is 19.4 Å². The van der Waals surface area contributed by atoms with Gasteiger partial charge in [0.2, 0.25) is 0 Å². The lowest BCUT2D eigenvalue weighted by Crippen LogP contribution is -2.24. The Labute approximate surface area is 162 Å². The molecule has 0 saturated heterocycles. The Kier molecular flexibility index (Phi) is 4.57. The lowest BCUT2D eigenvalue weighted by molar-refractivity contribution is -0.155. The van der Waals surface area contributed by atoms with Gasteiger partial charge >= 0.3 is 11.9 Å². The van der Waals surface area contributed by atoms with Gasteiger partial charge in [-0.3, -0.25) is 9.59 Å². The maximum absolute atomic E-state index is 12.5. The second kappa shape index (κ2) is 7.19. The van der Waals surface area contributed by atoms with Gasteiger partial charge in [0.15, 0.2) is 5.92 Å². The first-order valence-electron chi connectivity index (χ1n) is 8.98. The summed E-state index contributed by atoms with van der Waals surface area (Å²) in [5.41, 5.74) is 12.1. The number of ether oxygens (including phenoxy) is 1. The highest BCUT2D eigenvalue weighted by atomic mass is 16.5. The molecule has 0 aromatic heterocycles. The molecule has 3 aromatic carbocycles. The molecule has 3 aromatic rings.